The summed E-state index contributed by atoms with van der Waals surface area (Å²) in [7, 11) is 0. The Bertz CT molecular complexity index is 1410. The molecule has 1 atom stereocenters. The number of fused-ring (bicyclic) bond motifs is 2. The Balaban J connectivity index is 1.77. The molecule has 0 saturated carbocycles. The molecule has 4 aromatic rings. The maximum absolute atomic E-state index is 13.5. The Hall–Kier alpha value is -3.51. The van der Waals surface area contributed by atoms with E-state index in [9.17, 15) is 14.4 Å². The lowest BCUT2D eigenvalue weighted by Gasteiger charge is -2.25. The Morgan fingerprint density at radius 3 is 2.35 bits per heavy atom. The first kappa shape index (κ1) is 19.5. The predicted octanol–water partition coefficient (Wildman–Crippen LogP) is 5.51. The molecule has 0 spiro atoms. The summed E-state index contributed by atoms with van der Waals surface area (Å²) in [5, 5.41) is 0.413. The van der Waals surface area contributed by atoms with E-state index in [1.54, 1.807) is 47.4 Å². The van der Waals surface area contributed by atoms with E-state index >= 15 is 0 Å². The minimum Gasteiger partial charge on any atom is -0.450 e. The van der Waals surface area contributed by atoms with Crippen molar-refractivity contribution in [3.63, 3.8) is 0 Å². The predicted molar refractivity (Wildman–Crippen MR) is 122 cm³/mol. The van der Waals surface area contributed by atoms with Crippen molar-refractivity contribution >= 4 is 44.3 Å². The molecule has 3 aromatic carbocycles. The van der Waals surface area contributed by atoms with Gasteiger partial charge in [-0.05, 0) is 55.0 Å². The number of anilines is 1. The number of halogens is 1. The first-order valence-corrected chi connectivity index (χ1v) is 10.5. The number of amides is 1. The second-order valence-corrected chi connectivity index (χ2v) is 8.32. The van der Waals surface area contributed by atoms with Crippen LogP contribution in [-0.2, 0) is 0 Å². The molecule has 0 radical (unpaired) electrons. The van der Waals surface area contributed by atoms with E-state index in [0.29, 0.717) is 27.8 Å². The summed E-state index contributed by atoms with van der Waals surface area (Å²) in [5.74, 6) is -0.401. The maximum Gasteiger partial charge on any atom is 0.295 e. The highest BCUT2D eigenvalue weighted by atomic mass is 79.9. The highest BCUT2D eigenvalue weighted by molar-refractivity contribution is 9.10. The summed E-state index contributed by atoms with van der Waals surface area (Å²) in [6.45, 7) is 1.49. The maximum atomic E-state index is 13.5. The SMILES string of the molecule is CC(=O)c1ccc(N2C(=O)c3oc4ccc(Br)cc4c(=O)c3C2c2ccccc2)cc1. The van der Waals surface area contributed by atoms with E-state index in [4.69, 9.17) is 4.42 Å². The van der Waals surface area contributed by atoms with Crippen LogP contribution in [0.5, 0.6) is 0 Å². The third-order valence-electron chi connectivity index (χ3n) is 5.50. The van der Waals surface area contributed by atoms with E-state index in [2.05, 4.69) is 15.9 Å². The van der Waals surface area contributed by atoms with Crippen LogP contribution in [0.15, 0.2) is 86.5 Å². The number of ketones is 1. The average Bonchev–Trinajstić information content (AvgIpc) is 3.07. The van der Waals surface area contributed by atoms with Gasteiger partial charge in [0.15, 0.2) is 11.2 Å². The number of Topliss-reactive ketones (excluding diaryl/α,β-unsaturated/α-hetero) is 1. The van der Waals surface area contributed by atoms with E-state index in [1.807, 2.05) is 30.3 Å². The topological polar surface area (TPSA) is 67.6 Å². The van der Waals surface area contributed by atoms with Gasteiger partial charge in [0.2, 0.25) is 5.76 Å². The van der Waals surface area contributed by atoms with Gasteiger partial charge in [-0.15, -0.1) is 0 Å². The zero-order valence-electron chi connectivity index (χ0n) is 16.5. The van der Waals surface area contributed by atoms with Gasteiger partial charge in [-0.2, -0.15) is 0 Å². The van der Waals surface area contributed by atoms with E-state index < -0.39 is 6.04 Å². The molecule has 0 saturated heterocycles. The van der Waals surface area contributed by atoms with Crippen molar-refractivity contribution in [3.05, 3.63) is 110 Å². The van der Waals surface area contributed by atoms with Gasteiger partial charge < -0.3 is 4.42 Å². The van der Waals surface area contributed by atoms with Crippen molar-refractivity contribution in [2.45, 2.75) is 13.0 Å². The zero-order chi connectivity index (χ0) is 21.7. The van der Waals surface area contributed by atoms with Crippen LogP contribution in [0.2, 0.25) is 0 Å². The quantitative estimate of drug-likeness (QED) is 0.368. The summed E-state index contributed by atoms with van der Waals surface area (Å²) >= 11 is 3.40. The molecular weight excluding hydrogens is 458 g/mol. The largest absolute Gasteiger partial charge is 0.450 e. The molecule has 6 heteroatoms. The second-order valence-electron chi connectivity index (χ2n) is 7.41. The van der Waals surface area contributed by atoms with Gasteiger partial charge in [-0.1, -0.05) is 46.3 Å². The van der Waals surface area contributed by atoms with Crippen LogP contribution in [0, 0.1) is 0 Å². The monoisotopic (exact) mass is 473 g/mol. The smallest absolute Gasteiger partial charge is 0.295 e. The summed E-state index contributed by atoms with van der Waals surface area (Å²) in [6.07, 6.45) is 0. The fourth-order valence-corrected chi connectivity index (χ4v) is 4.38. The fraction of sp³-hybridized carbons (Fsp3) is 0.0800. The lowest BCUT2D eigenvalue weighted by Crippen LogP contribution is -2.29. The van der Waals surface area contributed by atoms with Crippen LogP contribution >= 0.6 is 15.9 Å². The second kappa shape index (κ2) is 7.32. The van der Waals surface area contributed by atoms with Crippen molar-refractivity contribution in [1.82, 2.24) is 0 Å². The van der Waals surface area contributed by atoms with E-state index in [1.165, 1.54) is 6.92 Å². The summed E-state index contributed by atoms with van der Waals surface area (Å²) < 4.78 is 6.71. The van der Waals surface area contributed by atoms with Crippen LogP contribution in [0.25, 0.3) is 11.0 Å². The van der Waals surface area contributed by atoms with Gasteiger partial charge in [-0.25, -0.2) is 0 Å². The van der Waals surface area contributed by atoms with Crippen LogP contribution in [-0.4, -0.2) is 11.7 Å². The highest BCUT2D eigenvalue weighted by Gasteiger charge is 2.43. The minimum atomic E-state index is -0.633. The van der Waals surface area contributed by atoms with Gasteiger partial charge in [0, 0.05) is 15.7 Å². The van der Waals surface area contributed by atoms with Gasteiger partial charge in [0.1, 0.15) is 5.58 Å². The first-order valence-electron chi connectivity index (χ1n) is 9.71. The zero-order valence-corrected chi connectivity index (χ0v) is 18.0. The molecule has 152 valence electrons. The summed E-state index contributed by atoms with van der Waals surface area (Å²) in [5.41, 5.74) is 2.38. The normalized spacial score (nSPS) is 15.4. The van der Waals surface area contributed by atoms with Crippen molar-refractivity contribution in [3.8, 4) is 0 Å². The average molecular weight is 474 g/mol. The Labute approximate surface area is 186 Å². The van der Waals surface area contributed by atoms with Crippen LogP contribution < -0.4 is 10.3 Å². The van der Waals surface area contributed by atoms with Crippen molar-refractivity contribution in [2.75, 3.05) is 4.90 Å². The Morgan fingerprint density at radius 1 is 0.968 bits per heavy atom. The molecule has 2 heterocycles. The molecule has 1 aliphatic rings. The van der Waals surface area contributed by atoms with Crippen LogP contribution in [0.3, 0.4) is 0 Å². The van der Waals surface area contributed by atoms with Crippen molar-refractivity contribution < 1.29 is 14.0 Å². The fourth-order valence-electron chi connectivity index (χ4n) is 4.02. The van der Waals surface area contributed by atoms with Gasteiger partial charge in [-0.3, -0.25) is 19.3 Å². The molecule has 31 heavy (non-hydrogen) atoms. The molecule has 5 rings (SSSR count). The molecule has 0 fully saturated rings. The van der Waals surface area contributed by atoms with Crippen LogP contribution in [0.1, 0.15) is 45.0 Å². The van der Waals surface area contributed by atoms with E-state index in [-0.39, 0.29) is 22.9 Å². The van der Waals surface area contributed by atoms with Gasteiger partial charge in [0.25, 0.3) is 5.91 Å². The number of hydrogen-bond acceptors (Lipinski definition) is 4. The number of carbonyl (C=O) groups is 2. The third kappa shape index (κ3) is 3.11. The molecule has 1 aromatic heterocycles. The van der Waals surface area contributed by atoms with Crippen molar-refractivity contribution in [2.24, 2.45) is 0 Å². The third-order valence-corrected chi connectivity index (χ3v) is 5.99. The molecule has 0 N–H and O–H groups in total. The molecular formula is C25H16BrNO4. The van der Waals surface area contributed by atoms with Crippen LogP contribution in [0.4, 0.5) is 5.69 Å². The number of benzene rings is 3. The van der Waals surface area contributed by atoms with E-state index in [0.717, 1.165) is 10.0 Å². The lowest BCUT2D eigenvalue weighted by molar-refractivity contribution is 0.0970. The first-order chi connectivity index (χ1) is 15.0. The molecule has 5 nitrogen and oxygen atoms in total. The number of rotatable bonds is 3. The van der Waals surface area contributed by atoms with Crippen molar-refractivity contribution in [1.29, 1.82) is 0 Å². The molecule has 0 bridgehead atoms. The van der Waals surface area contributed by atoms with Gasteiger partial charge >= 0.3 is 0 Å². The molecule has 1 aliphatic heterocycles. The van der Waals surface area contributed by atoms with Gasteiger partial charge in [0.05, 0.1) is 17.0 Å². The molecule has 0 aliphatic carbocycles. The molecule has 1 amide bonds. The Kier molecular flexibility index (Phi) is 4.59. The molecule has 1 unspecified atom stereocenters. The summed E-state index contributed by atoms with van der Waals surface area (Å²) in [4.78, 5) is 40.2. The number of hydrogen-bond donors (Lipinski definition) is 0. The number of carbonyl (C=O) groups excluding carboxylic acids is 2. The lowest BCUT2D eigenvalue weighted by atomic mass is 9.98. The number of nitrogens with zero attached hydrogens (tertiary/aromatic N) is 1. The highest BCUT2D eigenvalue weighted by Crippen LogP contribution is 2.41. The standard InChI is InChI=1S/C25H16BrNO4/c1-14(28)15-7-10-18(11-8-15)27-22(16-5-3-2-4-6-16)21-23(29)19-13-17(26)9-12-20(19)31-24(21)25(27)30/h2-13,22H,1H3. The minimum absolute atomic E-state index is 0.0457. The summed E-state index contributed by atoms with van der Waals surface area (Å²) in [6, 6.07) is 20.7. The Morgan fingerprint density at radius 2 is 1.68 bits per heavy atom.